The van der Waals surface area contributed by atoms with Crippen LogP contribution in [0.25, 0.3) is 63.3 Å². The molecule has 0 aliphatic rings. The maximum absolute atomic E-state index is 4.17. The van der Waals surface area contributed by atoms with Crippen molar-refractivity contribution in [3.63, 3.8) is 0 Å². The zero-order valence-electron chi connectivity index (χ0n) is 37.8. The van der Waals surface area contributed by atoms with Gasteiger partial charge in [0.2, 0.25) is 0 Å². The van der Waals surface area contributed by atoms with Gasteiger partial charge in [-0.05, 0) is 113 Å². The highest BCUT2D eigenvalue weighted by Crippen LogP contribution is 2.45. The third kappa shape index (κ3) is 8.06. The Morgan fingerprint density at radius 1 is 0.333 bits per heavy atom. The van der Waals surface area contributed by atoms with Gasteiger partial charge in [-0.25, -0.2) is 0 Å². The van der Waals surface area contributed by atoms with Crippen LogP contribution in [0.5, 0.6) is 0 Å². The summed E-state index contributed by atoms with van der Waals surface area (Å²) >= 11 is 3.73. The molecule has 2 heterocycles. The zero-order valence-corrected chi connectivity index (χ0v) is 41.5. The molecular formula is C56H62S2Si2. The number of rotatable bonds is 10. The number of hydrogen-bond donors (Lipinski definition) is 0. The Labute approximate surface area is 371 Å². The van der Waals surface area contributed by atoms with Gasteiger partial charge in [0, 0.05) is 30.6 Å². The lowest BCUT2D eigenvalue weighted by Crippen LogP contribution is -2.43. The molecule has 0 bridgehead atoms. The second kappa shape index (κ2) is 17.9. The molecule has 0 unspecified atom stereocenters. The first-order chi connectivity index (χ1) is 28.7. The summed E-state index contributed by atoms with van der Waals surface area (Å²) < 4.78 is 0. The summed E-state index contributed by atoms with van der Waals surface area (Å²) in [6, 6.07) is 44.9. The van der Waals surface area contributed by atoms with Crippen LogP contribution in [0.15, 0.2) is 121 Å². The average molecular weight is 855 g/mol. The Kier molecular flexibility index (Phi) is 13.0. The summed E-state index contributed by atoms with van der Waals surface area (Å²) in [6.07, 6.45) is 0. The largest absolute Gasteiger partial charge is 0.146 e. The van der Waals surface area contributed by atoms with Gasteiger partial charge < -0.3 is 0 Å². The lowest BCUT2D eigenvalue weighted by molar-refractivity contribution is 0.838. The molecular weight excluding hydrogens is 793 g/mol. The molecule has 0 atom stereocenters. The quantitative estimate of drug-likeness (QED) is 0.0730. The SMILES string of the molecule is CC(C)[Si](C#Cc1c2ccc(-c3ccc(-c4ccccc4)s3)cc2c(C#C[Si](C(C)C)(C(C)C)C(C)C)c2ccc(-c3ccc(-c4ccccc4)s3)cc12)(C(C)C)C(C)C. The fourth-order valence-electron chi connectivity index (χ4n) is 10.5. The molecule has 0 saturated carbocycles. The summed E-state index contributed by atoms with van der Waals surface area (Å²) in [5, 5.41) is 4.85. The van der Waals surface area contributed by atoms with Crippen LogP contribution in [0.4, 0.5) is 0 Å². The molecule has 5 aromatic carbocycles. The van der Waals surface area contributed by atoms with Gasteiger partial charge >= 0.3 is 0 Å². The molecule has 7 rings (SSSR count). The van der Waals surface area contributed by atoms with Crippen LogP contribution in [0.1, 0.15) is 94.2 Å². The van der Waals surface area contributed by atoms with E-state index in [9.17, 15) is 0 Å². The van der Waals surface area contributed by atoms with Crippen molar-refractivity contribution in [2.45, 2.75) is 116 Å². The Bertz CT molecular complexity index is 2500. The van der Waals surface area contributed by atoms with Crippen LogP contribution in [-0.4, -0.2) is 16.1 Å². The first kappa shape index (κ1) is 43.7. The van der Waals surface area contributed by atoms with Crippen LogP contribution >= 0.6 is 22.7 Å². The summed E-state index contributed by atoms with van der Waals surface area (Å²) in [5.41, 5.74) is 18.8. The Morgan fingerprint density at radius 2 is 0.633 bits per heavy atom. The molecule has 0 saturated heterocycles. The van der Waals surface area contributed by atoms with Gasteiger partial charge in [-0.3, -0.25) is 0 Å². The predicted octanol–water partition coefficient (Wildman–Crippen LogP) is 17.9. The molecule has 0 N–H and O–H groups in total. The fourth-order valence-corrected chi connectivity index (χ4v) is 22.9. The van der Waals surface area contributed by atoms with E-state index in [0.29, 0.717) is 33.2 Å². The fraction of sp³-hybridized carbons (Fsp3) is 0.321. The average Bonchev–Trinajstić information content (AvgIpc) is 3.93. The van der Waals surface area contributed by atoms with Gasteiger partial charge in [0.25, 0.3) is 0 Å². The topological polar surface area (TPSA) is 0 Å². The van der Waals surface area contributed by atoms with E-state index < -0.39 is 16.1 Å². The third-order valence-electron chi connectivity index (χ3n) is 13.6. The first-order valence-corrected chi connectivity index (χ1v) is 28.2. The molecule has 60 heavy (non-hydrogen) atoms. The third-order valence-corrected chi connectivity index (χ3v) is 28.5. The van der Waals surface area contributed by atoms with E-state index in [4.69, 9.17) is 0 Å². The number of benzene rings is 5. The number of thiophene rings is 2. The smallest absolute Gasteiger partial charge is 0.135 e. The van der Waals surface area contributed by atoms with Crippen molar-refractivity contribution >= 4 is 60.4 Å². The first-order valence-electron chi connectivity index (χ1n) is 22.1. The summed E-state index contributed by atoms with van der Waals surface area (Å²) in [5.74, 6) is 8.09. The predicted molar refractivity (Wildman–Crippen MR) is 275 cm³/mol. The highest BCUT2D eigenvalue weighted by molar-refractivity contribution is 7.19. The van der Waals surface area contributed by atoms with Gasteiger partial charge in [-0.15, -0.1) is 33.8 Å². The van der Waals surface area contributed by atoms with Crippen LogP contribution < -0.4 is 0 Å². The summed E-state index contributed by atoms with van der Waals surface area (Å²) in [6.45, 7) is 29.0. The van der Waals surface area contributed by atoms with E-state index in [1.807, 2.05) is 22.7 Å². The van der Waals surface area contributed by atoms with Crippen molar-refractivity contribution in [3.05, 3.63) is 132 Å². The second-order valence-electron chi connectivity index (χ2n) is 18.6. The van der Waals surface area contributed by atoms with Crippen molar-refractivity contribution in [3.8, 4) is 64.7 Å². The molecule has 0 amide bonds. The molecule has 0 nitrogen and oxygen atoms in total. The molecule has 0 aliphatic heterocycles. The van der Waals surface area contributed by atoms with Gasteiger partial charge in [-0.2, -0.15) is 0 Å². The highest BCUT2D eigenvalue weighted by atomic mass is 32.1. The summed E-state index contributed by atoms with van der Waals surface area (Å²) in [7, 11) is -4.12. The minimum absolute atomic E-state index is 0.538. The molecule has 0 aliphatic carbocycles. The zero-order chi connectivity index (χ0) is 42.9. The van der Waals surface area contributed by atoms with Crippen molar-refractivity contribution in [1.82, 2.24) is 0 Å². The molecule has 306 valence electrons. The Balaban J connectivity index is 1.57. The van der Waals surface area contributed by atoms with Crippen molar-refractivity contribution < 1.29 is 0 Å². The summed E-state index contributed by atoms with van der Waals surface area (Å²) in [4.78, 5) is 5.11. The van der Waals surface area contributed by atoms with E-state index >= 15 is 0 Å². The van der Waals surface area contributed by atoms with Crippen LogP contribution in [-0.2, 0) is 0 Å². The maximum atomic E-state index is 4.17. The Hall–Kier alpha value is -4.43. The van der Waals surface area contributed by atoms with Crippen LogP contribution in [0.2, 0.25) is 33.2 Å². The highest BCUT2D eigenvalue weighted by Gasteiger charge is 2.43. The minimum atomic E-state index is -2.06. The number of fused-ring (bicyclic) bond motifs is 2. The van der Waals surface area contributed by atoms with Crippen molar-refractivity contribution in [1.29, 1.82) is 0 Å². The molecule has 4 heteroatoms. The van der Waals surface area contributed by atoms with Gasteiger partial charge in [0.1, 0.15) is 16.1 Å². The van der Waals surface area contributed by atoms with Crippen molar-refractivity contribution in [2.75, 3.05) is 0 Å². The monoisotopic (exact) mass is 854 g/mol. The molecule has 7 aromatic rings. The Morgan fingerprint density at radius 3 is 0.933 bits per heavy atom. The normalized spacial score (nSPS) is 12.3. The van der Waals surface area contributed by atoms with Crippen molar-refractivity contribution in [2.24, 2.45) is 0 Å². The van der Waals surface area contributed by atoms with E-state index in [0.717, 1.165) is 11.1 Å². The van der Waals surface area contributed by atoms with Crippen LogP contribution in [0.3, 0.4) is 0 Å². The van der Waals surface area contributed by atoms with Gasteiger partial charge in [0.05, 0.1) is 0 Å². The molecule has 0 fully saturated rings. The van der Waals surface area contributed by atoms with E-state index in [2.05, 4.69) is 227 Å². The number of hydrogen-bond acceptors (Lipinski definition) is 2. The molecule has 0 spiro atoms. The van der Waals surface area contributed by atoms with E-state index in [-0.39, 0.29) is 0 Å². The molecule has 0 radical (unpaired) electrons. The van der Waals surface area contributed by atoms with Gasteiger partial charge in [0.15, 0.2) is 0 Å². The lowest BCUT2D eigenvalue weighted by Gasteiger charge is -2.38. The minimum Gasteiger partial charge on any atom is -0.135 e. The second-order valence-corrected chi connectivity index (χ2v) is 32.0. The lowest BCUT2D eigenvalue weighted by atomic mass is 9.90. The van der Waals surface area contributed by atoms with Gasteiger partial charge in [-0.1, -0.05) is 180 Å². The maximum Gasteiger partial charge on any atom is 0.146 e. The molecule has 2 aromatic heterocycles. The van der Waals surface area contributed by atoms with E-state index in [1.165, 1.54) is 63.3 Å². The van der Waals surface area contributed by atoms with E-state index in [1.54, 1.807) is 0 Å². The van der Waals surface area contributed by atoms with Crippen LogP contribution in [0, 0.1) is 22.9 Å². The standard InChI is InChI=1S/C56H62S2Si2/c1-37(2)59(38(3)4,39(5)6)33-31-49-47-25-23-46(56-30-28-54(58-56)44-21-17-14-18-22-44)36-52(47)50(32-34-60(40(7)8,41(9)10)42(11)12)48-26-24-45(35-51(48)49)55-29-27-53(57-55)43-19-15-13-16-20-43/h13-30,35-42H,1-12H3.